The summed E-state index contributed by atoms with van der Waals surface area (Å²) < 4.78 is 0. The molecule has 0 bridgehead atoms. The highest BCUT2D eigenvalue weighted by Crippen LogP contribution is 2.17. The Morgan fingerprint density at radius 3 is 2.16 bits per heavy atom. The lowest BCUT2D eigenvalue weighted by Gasteiger charge is -2.31. The number of carboxylic acid groups (broad SMARTS) is 1. The topological polar surface area (TPSA) is 73.7 Å². The molecule has 0 fully saturated rings. The fraction of sp³-hybridized carbons (Fsp3) is 0.462. The van der Waals surface area contributed by atoms with E-state index in [1.165, 1.54) is 32.0 Å². The number of rotatable bonds is 4. The third kappa shape index (κ3) is 3.01. The summed E-state index contributed by atoms with van der Waals surface area (Å²) in [5.74, 6) is -0.692. The van der Waals surface area contributed by atoms with Gasteiger partial charge in [0.05, 0.1) is 5.56 Å². The smallest absolute Gasteiger partial charge is 0.329 e. The van der Waals surface area contributed by atoms with Crippen LogP contribution in [-0.4, -0.2) is 53.5 Å². The van der Waals surface area contributed by atoms with Crippen LogP contribution in [0.15, 0.2) is 18.3 Å². The van der Waals surface area contributed by atoms with Crippen LogP contribution in [0.1, 0.15) is 24.2 Å². The van der Waals surface area contributed by atoms with Gasteiger partial charge in [0.2, 0.25) is 0 Å². The molecule has 1 amide bonds. The molecule has 0 radical (unpaired) electrons. The van der Waals surface area contributed by atoms with Crippen LogP contribution in [-0.2, 0) is 4.79 Å². The maximum atomic E-state index is 12.2. The molecule has 1 aromatic heterocycles. The maximum Gasteiger partial charge on any atom is 0.329 e. The average Bonchev–Trinajstić information content (AvgIpc) is 2.36. The van der Waals surface area contributed by atoms with Crippen molar-refractivity contribution in [3.8, 4) is 0 Å². The van der Waals surface area contributed by atoms with E-state index < -0.39 is 11.5 Å². The Morgan fingerprint density at radius 1 is 1.21 bits per heavy atom. The Balaban J connectivity index is 2.98. The van der Waals surface area contributed by atoms with Crippen LogP contribution in [0.3, 0.4) is 0 Å². The first-order valence-corrected chi connectivity index (χ1v) is 5.83. The monoisotopic (exact) mass is 265 g/mol. The Bertz CT molecular complexity index is 480. The maximum absolute atomic E-state index is 12.2. The normalized spacial score (nSPS) is 11.0. The number of nitrogens with zero attached hydrogens (tertiary/aromatic N) is 3. The number of hydrogen-bond donors (Lipinski definition) is 1. The number of carbonyl (C=O) groups excluding carboxylic acids is 1. The Kier molecular flexibility index (Phi) is 4.14. The summed E-state index contributed by atoms with van der Waals surface area (Å²) >= 11 is 0. The Hall–Kier alpha value is -2.11. The van der Waals surface area contributed by atoms with Crippen LogP contribution < -0.4 is 4.90 Å². The summed E-state index contributed by atoms with van der Waals surface area (Å²) in [6, 6.07) is 3.36. The van der Waals surface area contributed by atoms with Crippen molar-refractivity contribution in [2.24, 2.45) is 0 Å². The second-order valence-corrected chi connectivity index (χ2v) is 5.03. The van der Waals surface area contributed by atoms with Crippen LogP contribution in [0.25, 0.3) is 0 Å². The van der Waals surface area contributed by atoms with Gasteiger partial charge in [-0.05, 0) is 26.0 Å². The lowest BCUT2D eigenvalue weighted by Crippen LogP contribution is -2.50. The van der Waals surface area contributed by atoms with E-state index >= 15 is 0 Å². The minimum atomic E-state index is -1.27. The number of aliphatic carboxylic acids is 1. The molecule has 1 heterocycles. The van der Waals surface area contributed by atoms with Crippen molar-refractivity contribution in [1.82, 2.24) is 9.88 Å². The molecule has 0 unspecified atom stereocenters. The third-order valence-electron chi connectivity index (χ3n) is 3.12. The molecule has 19 heavy (non-hydrogen) atoms. The standard InChI is InChI=1S/C13H19N3O3/c1-13(2,12(18)19)16(5)11(17)9-6-7-10(14-8-9)15(3)4/h6-8H,1-5H3,(H,18,19). The van der Waals surface area contributed by atoms with Gasteiger partial charge in [-0.15, -0.1) is 0 Å². The molecule has 6 heteroatoms. The molecule has 0 saturated heterocycles. The molecule has 0 atom stereocenters. The van der Waals surface area contributed by atoms with Crippen LogP contribution in [0.4, 0.5) is 5.82 Å². The van der Waals surface area contributed by atoms with Crippen molar-refractivity contribution in [2.45, 2.75) is 19.4 Å². The van der Waals surface area contributed by atoms with Crippen LogP contribution in [0.2, 0.25) is 0 Å². The molecule has 0 aliphatic heterocycles. The number of hydrogen-bond acceptors (Lipinski definition) is 4. The van der Waals surface area contributed by atoms with E-state index in [0.29, 0.717) is 5.56 Å². The molecule has 0 spiro atoms. The summed E-state index contributed by atoms with van der Waals surface area (Å²) in [7, 11) is 5.17. The van der Waals surface area contributed by atoms with Gasteiger partial charge in [-0.3, -0.25) is 4.79 Å². The first kappa shape index (κ1) is 14.9. The van der Waals surface area contributed by atoms with E-state index in [4.69, 9.17) is 5.11 Å². The van der Waals surface area contributed by atoms with E-state index in [1.807, 2.05) is 19.0 Å². The number of amides is 1. The summed E-state index contributed by atoms with van der Waals surface area (Å²) in [5, 5.41) is 9.11. The van der Waals surface area contributed by atoms with Crippen molar-refractivity contribution < 1.29 is 14.7 Å². The first-order valence-electron chi connectivity index (χ1n) is 5.83. The van der Waals surface area contributed by atoms with Gasteiger partial charge in [-0.25, -0.2) is 9.78 Å². The first-order chi connectivity index (χ1) is 8.67. The minimum absolute atomic E-state index is 0.363. The largest absolute Gasteiger partial charge is 0.480 e. The molecule has 0 aliphatic carbocycles. The van der Waals surface area contributed by atoms with Crippen LogP contribution in [0.5, 0.6) is 0 Å². The van der Waals surface area contributed by atoms with Crippen molar-refractivity contribution in [1.29, 1.82) is 0 Å². The van der Waals surface area contributed by atoms with E-state index in [2.05, 4.69) is 4.98 Å². The van der Waals surface area contributed by atoms with Gasteiger partial charge in [-0.1, -0.05) is 0 Å². The van der Waals surface area contributed by atoms with E-state index in [0.717, 1.165) is 5.82 Å². The van der Waals surface area contributed by atoms with Crippen molar-refractivity contribution in [3.63, 3.8) is 0 Å². The lowest BCUT2D eigenvalue weighted by atomic mass is 10.0. The Morgan fingerprint density at radius 2 is 1.79 bits per heavy atom. The second-order valence-electron chi connectivity index (χ2n) is 5.03. The Labute approximate surface area is 112 Å². The van der Waals surface area contributed by atoms with Crippen molar-refractivity contribution >= 4 is 17.7 Å². The third-order valence-corrected chi connectivity index (χ3v) is 3.12. The summed E-state index contributed by atoms with van der Waals surface area (Å²) in [5.41, 5.74) is -0.903. The van der Waals surface area contributed by atoms with Crippen LogP contribution in [0, 0.1) is 0 Å². The average molecular weight is 265 g/mol. The zero-order valence-corrected chi connectivity index (χ0v) is 11.8. The molecule has 0 saturated carbocycles. The van der Waals surface area contributed by atoms with Gasteiger partial charge in [0.25, 0.3) is 5.91 Å². The zero-order chi connectivity index (χ0) is 14.8. The highest BCUT2D eigenvalue weighted by molar-refractivity contribution is 5.97. The van der Waals surface area contributed by atoms with E-state index in [-0.39, 0.29) is 5.91 Å². The van der Waals surface area contributed by atoms with Gasteiger partial charge < -0.3 is 14.9 Å². The summed E-state index contributed by atoms with van der Waals surface area (Å²) in [6.07, 6.45) is 1.45. The van der Waals surface area contributed by atoms with Gasteiger partial charge in [-0.2, -0.15) is 0 Å². The number of likely N-dealkylation sites (N-methyl/N-ethyl adjacent to an activating group) is 1. The summed E-state index contributed by atoms with van der Waals surface area (Å²) in [6.45, 7) is 2.96. The number of carboxylic acids is 1. The molecule has 6 nitrogen and oxygen atoms in total. The lowest BCUT2D eigenvalue weighted by molar-refractivity contribution is -0.147. The number of pyridine rings is 1. The second kappa shape index (κ2) is 5.26. The molecule has 0 aliphatic rings. The molecule has 0 aromatic carbocycles. The van der Waals surface area contributed by atoms with Crippen molar-refractivity contribution in [2.75, 3.05) is 26.0 Å². The molecule has 1 aromatic rings. The fourth-order valence-electron chi connectivity index (χ4n) is 1.37. The van der Waals surface area contributed by atoms with Gasteiger partial charge in [0, 0.05) is 27.3 Å². The highest BCUT2D eigenvalue weighted by atomic mass is 16.4. The summed E-state index contributed by atoms with van der Waals surface area (Å²) in [4.78, 5) is 30.5. The molecular weight excluding hydrogens is 246 g/mol. The quantitative estimate of drug-likeness (QED) is 0.882. The number of carbonyl (C=O) groups is 2. The van der Waals surface area contributed by atoms with Gasteiger partial charge in [0.15, 0.2) is 0 Å². The van der Waals surface area contributed by atoms with Crippen molar-refractivity contribution in [3.05, 3.63) is 23.9 Å². The fourth-order valence-corrected chi connectivity index (χ4v) is 1.37. The van der Waals surface area contributed by atoms with Gasteiger partial charge >= 0.3 is 5.97 Å². The van der Waals surface area contributed by atoms with Crippen LogP contribution >= 0.6 is 0 Å². The highest BCUT2D eigenvalue weighted by Gasteiger charge is 2.35. The van der Waals surface area contributed by atoms with E-state index in [1.54, 1.807) is 12.1 Å². The molecule has 1 rings (SSSR count). The van der Waals surface area contributed by atoms with E-state index in [9.17, 15) is 9.59 Å². The molecule has 1 N–H and O–H groups in total. The molecular formula is C13H19N3O3. The zero-order valence-electron chi connectivity index (χ0n) is 11.8. The predicted octanol–water partition coefficient (Wildman–Crippen LogP) is 1.08. The number of aromatic nitrogens is 1. The molecule has 104 valence electrons. The minimum Gasteiger partial charge on any atom is -0.480 e. The van der Waals surface area contributed by atoms with Gasteiger partial charge in [0.1, 0.15) is 11.4 Å². The predicted molar refractivity (Wildman–Crippen MR) is 72.4 cm³/mol. The SMILES string of the molecule is CN(C)c1ccc(C(=O)N(C)C(C)(C)C(=O)O)cn1. The number of anilines is 1.